The molecule has 1 unspecified atom stereocenters. The number of ether oxygens (including phenoxy) is 1. The number of benzene rings is 2. The summed E-state index contributed by atoms with van der Waals surface area (Å²) in [6.45, 7) is 4.73. The van der Waals surface area contributed by atoms with E-state index in [1.165, 1.54) is 22.3 Å². The predicted octanol–water partition coefficient (Wildman–Crippen LogP) is -0.553. The Kier molecular flexibility index (Phi) is 7.24. The molecular weight excluding hydrogens is 530 g/mol. The molecule has 0 bridgehead atoms. The van der Waals surface area contributed by atoms with Gasteiger partial charge in [-0.1, -0.05) is 0 Å². The van der Waals surface area contributed by atoms with Gasteiger partial charge in [0.15, 0.2) is 0 Å². The Labute approximate surface area is 176 Å². The van der Waals surface area contributed by atoms with E-state index >= 15 is 0 Å². The number of halogens is 2. The number of methoxy groups -OCH3 is 1. The normalized spacial score (nSPS) is 15.6. The topological polar surface area (TPSA) is 9.23 Å². The zero-order valence-corrected chi connectivity index (χ0v) is 20.3. The van der Waals surface area contributed by atoms with E-state index in [4.69, 9.17) is 4.74 Å². The third kappa shape index (κ3) is 3.44. The maximum absolute atomic E-state index is 5.72. The van der Waals surface area contributed by atoms with Crippen LogP contribution >= 0.6 is 0 Å². The van der Waals surface area contributed by atoms with Gasteiger partial charge in [0.05, 0.1) is 0 Å². The Morgan fingerprint density at radius 3 is 2.38 bits per heavy atom. The minimum absolute atomic E-state index is 0. The molecule has 2 aliphatic rings. The molecule has 0 amide bonds. The Hall–Kier alpha value is -0.960. The predicted molar refractivity (Wildman–Crippen MR) is 98.5 cm³/mol. The SMILES string of the molecule is COc1cccc2c1-c1ccccc1[CH]2[Hf+2]([C]1=CC=CC1)=[C](C)C.[Cl-].[Cl-]. The molecule has 4 rings (SSSR count). The van der Waals surface area contributed by atoms with Gasteiger partial charge in [0, 0.05) is 0 Å². The van der Waals surface area contributed by atoms with E-state index in [1.54, 1.807) is 13.7 Å². The molecule has 2 aliphatic carbocycles. The fraction of sp³-hybridized carbons (Fsp3) is 0.227. The monoisotopic (exact) mass is 552 g/mol. The standard InChI is InChI=1S/C14H11O.C5H5.C3H6.2ClH.Hf/c1-15-13-8-4-6-11-9-10-5-2-3-7-12(10)14(11)13;1-2-4-5-3-1;1-3-2;;;/h2-9H,1H3;1-3H,4H2;1-2H3;2*1H;/q;;;;;+2/p-2. The van der Waals surface area contributed by atoms with Gasteiger partial charge < -0.3 is 24.8 Å². The first-order chi connectivity index (χ1) is 11.7. The quantitative estimate of drug-likeness (QED) is 0.466. The van der Waals surface area contributed by atoms with Gasteiger partial charge in [0.1, 0.15) is 0 Å². The number of hydrogen-bond donors (Lipinski definition) is 0. The third-order valence-electron chi connectivity index (χ3n) is 5.08. The van der Waals surface area contributed by atoms with Gasteiger partial charge in [-0.2, -0.15) is 0 Å². The molecule has 0 saturated carbocycles. The zero-order chi connectivity index (χ0) is 16.7. The molecule has 1 nitrogen and oxygen atoms in total. The van der Waals surface area contributed by atoms with Gasteiger partial charge in [-0.15, -0.1) is 0 Å². The molecule has 4 heteroatoms. The van der Waals surface area contributed by atoms with Gasteiger partial charge in [0.2, 0.25) is 0 Å². The maximum Gasteiger partial charge on any atom is -1.00 e. The molecule has 0 aromatic heterocycles. The zero-order valence-electron chi connectivity index (χ0n) is 15.2. The smallest absolute Gasteiger partial charge is 1.00 e. The van der Waals surface area contributed by atoms with Crippen molar-refractivity contribution in [3.05, 3.63) is 75.1 Å². The number of hydrogen-bond acceptors (Lipinski definition) is 1. The number of fused-ring (bicyclic) bond motifs is 3. The van der Waals surface area contributed by atoms with Crippen molar-refractivity contribution in [1.29, 1.82) is 0 Å². The third-order valence-corrected chi connectivity index (χ3v) is 17.1. The molecule has 2 aromatic carbocycles. The van der Waals surface area contributed by atoms with E-state index in [9.17, 15) is 0 Å². The van der Waals surface area contributed by atoms with Crippen molar-refractivity contribution in [2.24, 2.45) is 0 Å². The van der Waals surface area contributed by atoms with Crippen LogP contribution in [0.4, 0.5) is 0 Å². The van der Waals surface area contributed by atoms with Crippen molar-refractivity contribution < 1.29 is 50.5 Å². The van der Waals surface area contributed by atoms with Gasteiger partial charge in [-0.05, 0) is 0 Å². The summed E-state index contributed by atoms with van der Waals surface area (Å²) in [5, 5.41) is 0. The van der Waals surface area contributed by atoms with Crippen LogP contribution < -0.4 is 29.6 Å². The van der Waals surface area contributed by atoms with Gasteiger partial charge in [0.25, 0.3) is 0 Å². The summed E-state index contributed by atoms with van der Waals surface area (Å²) in [5.41, 5.74) is 5.72. The molecule has 1 atom stereocenters. The van der Waals surface area contributed by atoms with E-state index in [-0.39, 0.29) is 24.8 Å². The molecule has 0 radical (unpaired) electrons. The first-order valence-corrected chi connectivity index (χ1v) is 14.2. The fourth-order valence-electron chi connectivity index (χ4n) is 4.14. The van der Waals surface area contributed by atoms with Crippen LogP contribution in [0.2, 0.25) is 0 Å². The minimum Gasteiger partial charge on any atom is -1.00 e. The molecule has 0 N–H and O–H groups in total. The van der Waals surface area contributed by atoms with Crippen LogP contribution in [0.25, 0.3) is 11.1 Å². The first kappa shape index (κ1) is 21.3. The summed E-state index contributed by atoms with van der Waals surface area (Å²) in [4.78, 5) is 0. The van der Waals surface area contributed by atoms with Crippen molar-refractivity contribution in [3.8, 4) is 16.9 Å². The van der Waals surface area contributed by atoms with Gasteiger partial charge in [-0.25, -0.2) is 0 Å². The van der Waals surface area contributed by atoms with Crippen LogP contribution in [0, 0.1) is 0 Å². The van der Waals surface area contributed by atoms with Crippen LogP contribution in [-0.2, 0) is 21.0 Å². The van der Waals surface area contributed by atoms with Crippen molar-refractivity contribution in [2.75, 3.05) is 7.11 Å². The van der Waals surface area contributed by atoms with Crippen LogP contribution in [0.15, 0.2) is 64.0 Å². The molecule has 0 spiro atoms. The van der Waals surface area contributed by atoms with Crippen LogP contribution in [0.1, 0.15) is 35.1 Å². The molecule has 0 aliphatic heterocycles. The van der Waals surface area contributed by atoms with E-state index in [1.807, 2.05) is 0 Å². The Balaban J connectivity index is 0.00000121. The van der Waals surface area contributed by atoms with E-state index in [2.05, 4.69) is 74.5 Å². The second-order valence-electron chi connectivity index (χ2n) is 6.68. The average Bonchev–Trinajstić information content (AvgIpc) is 3.22. The van der Waals surface area contributed by atoms with Gasteiger partial charge >= 0.3 is 152 Å². The van der Waals surface area contributed by atoms with Gasteiger partial charge in [-0.3, -0.25) is 0 Å². The molecule has 0 saturated heterocycles. The van der Waals surface area contributed by atoms with E-state index in [0.29, 0.717) is 3.67 Å². The summed E-state index contributed by atoms with van der Waals surface area (Å²) in [6.07, 6.45) is 8.12. The summed E-state index contributed by atoms with van der Waals surface area (Å²) >= 11 is -2.16. The molecule has 0 heterocycles. The Morgan fingerprint density at radius 2 is 1.73 bits per heavy atom. The minimum atomic E-state index is -2.16. The second-order valence-corrected chi connectivity index (χ2v) is 17.6. The fourth-order valence-corrected chi connectivity index (χ4v) is 16.1. The largest absolute Gasteiger partial charge is 1.00 e. The summed E-state index contributed by atoms with van der Waals surface area (Å²) in [7, 11) is 1.78. The van der Waals surface area contributed by atoms with Crippen LogP contribution in [0.3, 0.4) is 0 Å². The van der Waals surface area contributed by atoms with E-state index < -0.39 is 21.0 Å². The Morgan fingerprint density at radius 1 is 1.00 bits per heavy atom. The van der Waals surface area contributed by atoms with E-state index in [0.717, 1.165) is 12.2 Å². The molecule has 134 valence electrons. The average molecular weight is 552 g/mol. The first-order valence-electron chi connectivity index (χ1n) is 8.52. The van der Waals surface area contributed by atoms with Crippen molar-refractivity contribution in [1.82, 2.24) is 0 Å². The van der Waals surface area contributed by atoms with Crippen LogP contribution in [-0.4, -0.2) is 10.4 Å². The summed E-state index contributed by atoms with van der Waals surface area (Å²) in [5.74, 6) is 1.01. The second kappa shape index (κ2) is 8.82. The van der Waals surface area contributed by atoms with Crippen molar-refractivity contribution in [3.63, 3.8) is 0 Å². The molecule has 0 fully saturated rings. The number of rotatable bonds is 3. The summed E-state index contributed by atoms with van der Waals surface area (Å²) < 4.78 is 9.73. The number of allylic oxidation sites excluding steroid dienone is 4. The maximum atomic E-state index is 5.72. The Bertz CT molecular complexity index is 908. The van der Waals surface area contributed by atoms with Crippen molar-refractivity contribution in [2.45, 2.75) is 23.9 Å². The molecule has 26 heavy (non-hydrogen) atoms. The molecule has 2 aromatic rings. The summed E-state index contributed by atoms with van der Waals surface area (Å²) in [6, 6.07) is 15.6. The van der Waals surface area contributed by atoms with Crippen molar-refractivity contribution >= 4 is 3.26 Å². The van der Waals surface area contributed by atoms with Crippen LogP contribution in [0.5, 0.6) is 5.75 Å². The molecular formula is C22H22Cl2HfO.